The molecule has 4 rings (SSSR count). The van der Waals surface area contributed by atoms with E-state index in [2.05, 4.69) is 15.6 Å². The Morgan fingerprint density at radius 2 is 1.97 bits per heavy atom. The first-order chi connectivity index (χ1) is 16.5. The van der Waals surface area contributed by atoms with Crippen LogP contribution >= 0.6 is 0 Å². The predicted molar refractivity (Wildman–Crippen MR) is 127 cm³/mol. The Balaban J connectivity index is 1.56. The van der Waals surface area contributed by atoms with Crippen LogP contribution in [0.2, 0.25) is 0 Å². The van der Waals surface area contributed by atoms with Crippen molar-refractivity contribution in [1.82, 2.24) is 20.5 Å². The van der Waals surface area contributed by atoms with Gasteiger partial charge in [0.1, 0.15) is 5.75 Å². The highest BCUT2D eigenvalue weighted by atomic mass is 16.5. The summed E-state index contributed by atoms with van der Waals surface area (Å²) in [7, 11) is 0. The Morgan fingerprint density at radius 3 is 2.68 bits per heavy atom. The zero-order valence-corrected chi connectivity index (χ0v) is 19.1. The number of carbonyl (C=O) groups is 3. The average molecular weight is 459 g/mol. The minimum absolute atomic E-state index is 0.125. The maximum atomic E-state index is 13.1. The molecule has 0 bridgehead atoms. The maximum Gasteiger partial charge on any atom is 0.321 e. The summed E-state index contributed by atoms with van der Waals surface area (Å²) >= 11 is 0. The topological polar surface area (TPSA) is 101 Å². The van der Waals surface area contributed by atoms with Gasteiger partial charge < -0.3 is 15.0 Å². The Kier molecular flexibility index (Phi) is 6.87. The third-order valence-corrected chi connectivity index (χ3v) is 5.69. The molecule has 1 aliphatic heterocycles. The quantitative estimate of drug-likeness (QED) is 0.502. The number of urea groups is 1. The number of rotatable bonds is 8. The number of aromatic nitrogens is 1. The van der Waals surface area contributed by atoms with Crippen LogP contribution in [-0.4, -0.2) is 41.4 Å². The van der Waals surface area contributed by atoms with Gasteiger partial charge in [0, 0.05) is 30.4 Å². The highest BCUT2D eigenvalue weighted by Gasteiger charge is 2.30. The minimum atomic E-state index is -0.632. The van der Waals surface area contributed by atoms with Crippen molar-refractivity contribution in [2.45, 2.75) is 26.4 Å². The number of amides is 4. The Labute approximate surface area is 198 Å². The number of hydrogen-bond donors (Lipinski definition) is 2. The smallest absolute Gasteiger partial charge is 0.321 e. The summed E-state index contributed by atoms with van der Waals surface area (Å²) in [4.78, 5) is 42.1. The van der Waals surface area contributed by atoms with Crippen LogP contribution in [0.25, 0.3) is 11.3 Å². The molecular weight excluding hydrogens is 432 g/mol. The molecule has 1 aromatic heterocycles. The van der Waals surface area contributed by atoms with Gasteiger partial charge in [-0.3, -0.25) is 19.9 Å². The highest BCUT2D eigenvalue weighted by Crippen LogP contribution is 2.29. The van der Waals surface area contributed by atoms with Gasteiger partial charge in [-0.15, -0.1) is 0 Å². The summed E-state index contributed by atoms with van der Waals surface area (Å²) in [6.45, 7) is 5.09. The summed E-state index contributed by atoms with van der Waals surface area (Å²) in [5.41, 5.74) is 5.21. The molecule has 0 radical (unpaired) electrons. The van der Waals surface area contributed by atoms with Gasteiger partial charge in [-0.2, -0.15) is 0 Å². The number of benzene rings is 2. The Morgan fingerprint density at radius 1 is 1.18 bits per heavy atom. The van der Waals surface area contributed by atoms with E-state index < -0.39 is 12.1 Å². The fourth-order valence-electron chi connectivity index (χ4n) is 4.03. The van der Waals surface area contributed by atoms with Gasteiger partial charge in [0.05, 0.1) is 18.3 Å². The van der Waals surface area contributed by atoms with Crippen molar-refractivity contribution in [3.63, 3.8) is 0 Å². The van der Waals surface area contributed by atoms with Gasteiger partial charge in [-0.25, -0.2) is 4.79 Å². The molecule has 2 heterocycles. The summed E-state index contributed by atoms with van der Waals surface area (Å²) < 4.78 is 5.53. The van der Waals surface area contributed by atoms with Crippen molar-refractivity contribution in [2.75, 3.05) is 13.2 Å². The molecule has 0 fully saturated rings. The zero-order chi connectivity index (χ0) is 24.1. The van der Waals surface area contributed by atoms with Crippen molar-refractivity contribution in [1.29, 1.82) is 0 Å². The molecule has 0 aliphatic carbocycles. The third kappa shape index (κ3) is 5.06. The van der Waals surface area contributed by atoms with E-state index in [-0.39, 0.29) is 12.5 Å². The number of carbonyl (C=O) groups excluding carboxylic acids is 3. The van der Waals surface area contributed by atoms with Crippen molar-refractivity contribution >= 4 is 18.3 Å². The van der Waals surface area contributed by atoms with Gasteiger partial charge in [-0.1, -0.05) is 30.3 Å². The molecule has 2 N–H and O–H groups in total. The molecule has 4 amide bonds. The molecule has 2 aromatic carbocycles. The molecule has 0 unspecified atom stereocenters. The van der Waals surface area contributed by atoms with Crippen LogP contribution in [0.1, 0.15) is 40.0 Å². The van der Waals surface area contributed by atoms with Crippen LogP contribution in [0.5, 0.6) is 5.75 Å². The third-order valence-electron chi connectivity index (χ3n) is 5.69. The number of nitrogens with one attached hydrogen (secondary N) is 2. The first-order valence-electron chi connectivity index (χ1n) is 11.1. The second-order valence-electron chi connectivity index (χ2n) is 8.07. The van der Waals surface area contributed by atoms with Gasteiger partial charge in [0.15, 0.2) is 0 Å². The van der Waals surface area contributed by atoms with Crippen LogP contribution in [0, 0.1) is 6.92 Å². The van der Waals surface area contributed by atoms with E-state index in [0.29, 0.717) is 30.9 Å². The standard InChI is InChI=1S/C26H26N4O4/c1-3-34-21-9-8-20-14-30(25(32)22(20)13-21)15-24(29-26(33)28-16-31)19-6-4-18(5-7-19)23-12-17(2)10-11-27-23/h4-13,16,24H,3,14-15H2,1-2H3,(H2,28,29,31,33)/t24-/m0/s1. The Hall–Kier alpha value is -4.20. The molecule has 0 saturated heterocycles. The molecule has 3 aromatic rings. The van der Waals surface area contributed by atoms with Gasteiger partial charge in [-0.05, 0) is 54.8 Å². The van der Waals surface area contributed by atoms with Crippen molar-refractivity contribution in [2.24, 2.45) is 0 Å². The molecule has 8 nitrogen and oxygen atoms in total. The van der Waals surface area contributed by atoms with Crippen molar-refractivity contribution in [3.8, 4) is 17.0 Å². The van der Waals surface area contributed by atoms with Crippen molar-refractivity contribution < 1.29 is 19.1 Å². The zero-order valence-electron chi connectivity index (χ0n) is 19.1. The monoisotopic (exact) mass is 458 g/mol. The number of nitrogens with zero attached hydrogens (tertiary/aromatic N) is 2. The SMILES string of the molecule is CCOc1ccc2c(c1)C(=O)N(C[C@H](NC(=O)NC=O)c1ccc(-c3cc(C)ccn3)cc1)C2. The predicted octanol–water partition coefficient (Wildman–Crippen LogP) is 3.61. The van der Waals surface area contributed by atoms with E-state index in [0.717, 1.165) is 27.9 Å². The molecule has 8 heteroatoms. The summed E-state index contributed by atoms with van der Waals surface area (Å²) in [5, 5.41) is 4.90. The highest BCUT2D eigenvalue weighted by molar-refractivity contribution is 5.98. The van der Waals surface area contributed by atoms with E-state index in [9.17, 15) is 14.4 Å². The Bertz CT molecular complexity index is 1210. The largest absolute Gasteiger partial charge is 0.494 e. The van der Waals surface area contributed by atoms with Crippen LogP contribution in [0.4, 0.5) is 4.79 Å². The van der Waals surface area contributed by atoms with E-state index in [1.807, 2.05) is 62.4 Å². The summed E-state index contributed by atoms with van der Waals surface area (Å²) in [6, 6.07) is 15.9. The van der Waals surface area contributed by atoms with E-state index in [1.54, 1.807) is 17.2 Å². The number of aryl methyl sites for hydroxylation is 1. The maximum absolute atomic E-state index is 13.1. The normalized spacial score (nSPS) is 13.2. The lowest BCUT2D eigenvalue weighted by molar-refractivity contribution is -0.108. The molecule has 34 heavy (non-hydrogen) atoms. The van der Waals surface area contributed by atoms with Crippen molar-refractivity contribution in [3.05, 3.63) is 83.0 Å². The molecular formula is C26H26N4O4. The summed E-state index contributed by atoms with van der Waals surface area (Å²) in [5.74, 6) is 0.525. The summed E-state index contributed by atoms with van der Waals surface area (Å²) in [6.07, 6.45) is 2.09. The van der Waals surface area contributed by atoms with Gasteiger partial charge in [0.25, 0.3) is 5.91 Å². The van der Waals surface area contributed by atoms with E-state index in [1.165, 1.54) is 0 Å². The average Bonchev–Trinajstić information content (AvgIpc) is 3.14. The van der Waals surface area contributed by atoms with Crippen LogP contribution in [0.15, 0.2) is 60.8 Å². The number of hydrogen-bond acceptors (Lipinski definition) is 5. The number of ether oxygens (including phenoxy) is 1. The minimum Gasteiger partial charge on any atom is -0.494 e. The first kappa shape index (κ1) is 23.0. The van der Waals surface area contributed by atoms with Crippen LogP contribution in [0.3, 0.4) is 0 Å². The number of imide groups is 1. The fourth-order valence-corrected chi connectivity index (χ4v) is 4.03. The van der Waals surface area contributed by atoms with Crippen LogP contribution in [-0.2, 0) is 11.3 Å². The van der Waals surface area contributed by atoms with Gasteiger partial charge in [0.2, 0.25) is 6.41 Å². The number of pyridine rings is 1. The second-order valence-corrected chi connectivity index (χ2v) is 8.07. The lowest BCUT2D eigenvalue weighted by Gasteiger charge is -2.25. The second kappa shape index (κ2) is 10.2. The lowest BCUT2D eigenvalue weighted by Crippen LogP contribution is -2.42. The van der Waals surface area contributed by atoms with Crippen LogP contribution < -0.4 is 15.4 Å². The van der Waals surface area contributed by atoms with Gasteiger partial charge >= 0.3 is 6.03 Å². The number of fused-ring (bicyclic) bond motifs is 1. The molecule has 1 atom stereocenters. The van der Waals surface area contributed by atoms with E-state index in [4.69, 9.17) is 4.74 Å². The molecule has 0 saturated carbocycles. The molecule has 0 spiro atoms. The van der Waals surface area contributed by atoms with E-state index >= 15 is 0 Å². The molecule has 174 valence electrons. The lowest BCUT2D eigenvalue weighted by atomic mass is 10.0. The fraction of sp³-hybridized carbons (Fsp3) is 0.231. The molecule has 1 aliphatic rings. The first-order valence-corrected chi connectivity index (χ1v) is 11.1.